The molecule has 2 amide bonds. The third-order valence-electron chi connectivity index (χ3n) is 6.76. The largest absolute Gasteiger partial charge is 0.372 e. The summed E-state index contributed by atoms with van der Waals surface area (Å²) in [6.07, 6.45) is -0.657. The number of pyridine rings is 3. The highest BCUT2D eigenvalue weighted by atomic mass is 19.3. The van der Waals surface area contributed by atoms with E-state index >= 15 is 0 Å². The Labute approximate surface area is 219 Å². The van der Waals surface area contributed by atoms with Gasteiger partial charge in [-0.1, -0.05) is 6.07 Å². The van der Waals surface area contributed by atoms with Crippen molar-refractivity contribution in [1.29, 1.82) is 0 Å². The summed E-state index contributed by atoms with van der Waals surface area (Å²) in [5, 5.41) is 3.65. The molecule has 9 nitrogen and oxygen atoms in total. The Morgan fingerprint density at radius 2 is 1.84 bits per heavy atom. The fourth-order valence-electron chi connectivity index (χ4n) is 5.06. The van der Waals surface area contributed by atoms with E-state index in [1.165, 1.54) is 0 Å². The number of nitrogens with one attached hydrogen (secondary N) is 1. The molecule has 5 rings (SSSR count). The van der Waals surface area contributed by atoms with E-state index in [1.54, 1.807) is 12.3 Å². The van der Waals surface area contributed by atoms with Gasteiger partial charge in [0.25, 0.3) is 5.91 Å². The first-order chi connectivity index (χ1) is 18.2. The first-order valence-corrected chi connectivity index (χ1v) is 12.7. The van der Waals surface area contributed by atoms with Crippen LogP contribution in [-0.2, 0) is 20.7 Å². The quantitative estimate of drug-likeness (QED) is 0.529. The topological polar surface area (TPSA) is 101 Å². The molecule has 200 valence electrons. The lowest BCUT2D eigenvalue weighted by Crippen LogP contribution is -2.45. The summed E-state index contributed by atoms with van der Waals surface area (Å²) in [7, 11) is 0. The second-order valence-electron chi connectivity index (χ2n) is 9.92. The smallest absolute Gasteiger partial charge is 0.315 e. The van der Waals surface area contributed by atoms with Crippen molar-refractivity contribution in [2.24, 2.45) is 0 Å². The number of amides is 2. The number of aromatic nitrogens is 3. The number of rotatable bonds is 6. The molecule has 5 heterocycles. The van der Waals surface area contributed by atoms with Crippen molar-refractivity contribution < 1.29 is 23.1 Å². The van der Waals surface area contributed by atoms with Crippen molar-refractivity contribution in [2.75, 3.05) is 31.1 Å². The number of ether oxygens (including phenoxy) is 1. The second-order valence-corrected chi connectivity index (χ2v) is 9.92. The van der Waals surface area contributed by atoms with Crippen LogP contribution in [0.1, 0.15) is 26.0 Å². The molecule has 0 spiro atoms. The maximum absolute atomic E-state index is 12.7. The third-order valence-corrected chi connectivity index (χ3v) is 6.76. The lowest BCUT2D eigenvalue weighted by atomic mass is 10.1. The van der Waals surface area contributed by atoms with Crippen molar-refractivity contribution in [3.8, 4) is 11.4 Å². The number of halogens is 2. The van der Waals surface area contributed by atoms with Crippen LogP contribution in [0, 0.1) is 0 Å². The van der Waals surface area contributed by atoms with Crippen LogP contribution in [0.5, 0.6) is 0 Å². The average molecular weight is 525 g/mol. The number of carbonyl (C=O) groups is 2. The van der Waals surface area contributed by atoms with Gasteiger partial charge in [-0.2, -0.15) is 8.78 Å². The number of morpholine rings is 1. The van der Waals surface area contributed by atoms with Crippen LogP contribution in [0.4, 0.5) is 14.6 Å². The van der Waals surface area contributed by atoms with Gasteiger partial charge in [-0.05, 0) is 50.6 Å². The van der Waals surface area contributed by atoms with Gasteiger partial charge >= 0.3 is 6.43 Å². The lowest BCUT2D eigenvalue weighted by molar-refractivity contribution is -0.141. The van der Waals surface area contributed by atoms with Crippen LogP contribution >= 0.6 is 0 Å². The Kier molecular flexibility index (Phi) is 7.46. The molecule has 2 fully saturated rings. The second kappa shape index (κ2) is 10.9. The summed E-state index contributed by atoms with van der Waals surface area (Å²) in [6, 6.07) is 11.1. The highest BCUT2D eigenvalue weighted by Gasteiger charge is 2.31. The minimum atomic E-state index is -3.03. The molecule has 0 radical (unpaired) electrons. The molecule has 0 aliphatic carbocycles. The van der Waals surface area contributed by atoms with Crippen LogP contribution in [-0.4, -0.2) is 82.5 Å². The molecular weight excluding hydrogens is 494 g/mol. The van der Waals surface area contributed by atoms with Crippen molar-refractivity contribution in [1.82, 2.24) is 25.2 Å². The molecule has 3 aromatic rings. The normalized spacial score (nSPS) is 21.8. The summed E-state index contributed by atoms with van der Waals surface area (Å²) < 4.78 is 31.1. The predicted molar refractivity (Wildman–Crippen MR) is 138 cm³/mol. The van der Waals surface area contributed by atoms with Crippen molar-refractivity contribution >= 4 is 28.5 Å². The van der Waals surface area contributed by atoms with Crippen LogP contribution in [0.3, 0.4) is 0 Å². The molecule has 0 aromatic carbocycles. The van der Waals surface area contributed by atoms with Gasteiger partial charge in [0.2, 0.25) is 5.91 Å². The van der Waals surface area contributed by atoms with Gasteiger partial charge in [0, 0.05) is 43.8 Å². The molecule has 2 aliphatic rings. The Bertz CT molecular complexity index is 1330. The molecule has 2 saturated heterocycles. The minimum absolute atomic E-state index is 0.0161. The van der Waals surface area contributed by atoms with Gasteiger partial charge in [0.15, 0.2) is 0 Å². The first kappa shape index (κ1) is 25.9. The molecule has 11 heteroatoms. The van der Waals surface area contributed by atoms with E-state index in [-0.39, 0.29) is 43.7 Å². The van der Waals surface area contributed by atoms with E-state index in [1.807, 2.05) is 30.3 Å². The Balaban J connectivity index is 1.27. The van der Waals surface area contributed by atoms with E-state index in [4.69, 9.17) is 14.7 Å². The van der Waals surface area contributed by atoms with E-state index in [2.05, 4.69) is 29.0 Å². The zero-order valence-corrected chi connectivity index (χ0v) is 21.3. The SMILES string of the molecule is C[C@@H]1CN(c2cccc(-c3ccc4cnc(CC(=O)NC5CCN(C(=O)C(F)F)C5)cc4n3)n2)C[C@H](C)O1. The van der Waals surface area contributed by atoms with Crippen LogP contribution in [0.2, 0.25) is 0 Å². The Hall–Kier alpha value is -3.73. The van der Waals surface area contributed by atoms with Crippen LogP contribution in [0.25, 0.3) is 22.3 Å². The molecule has 1 N–H and O–H groups in total. The fourth-order valence-corrected chi connectivity index (χ4v) is 5.06. The third kappa shape index (κ3) is 5.88. The maximum atomic E-state index is 12.7. The number of hydrogen-bond acceptors (Lipinski definition) is 7. The summed E-state index contributed by atoms with van der Waals surface area (Å²) in [6.45, 7) is 5.93. The molecule has 2 aliphatic heterocycles. The zero-order valence-electron chi connectivity index (χ0n) is 21.3. The number of carbonyl (C=O) groups excluding carboxylic acids is 2. The van der Waals surface area contributed by atoms with E-state index < -0.39 is 12.3 Å². The lowest BCUT2D eigenvalue weighted by Gasteiger charge is -2.36. The average Bonchev–Trinajstić information content (AvgIpc) is 3.35. The predicted octanol–water partition coefficient (Wildman–Crippen LogP) is 2.83. The number of nitrogens with zero attached hydrogens (tertiary/aromatic N) is 5. The standard InChI is InChI=1S/C27H30F2N6O3/c1-16-13-35(14-17(2)38-16)24-5-3-4-21(33-24)22-7-6-18-12-30-20(10-23(18)32-22)11-25(36)31-19-8-9-34(15-19)27(37)26(28)29/h3-7,10,12,16-17,19,26H,8-9,11,13-15H2,1-2H3,(H,31,36)/t16-,17+,19?. The maximum Gasteiger partial charge on any atom is 0.315 e. The van der Waals surface area contributed by atoms with Gasteiger partial charge in [0.1, 0.15) is 5.82 Å². The monoisotopic (exact) mass is 524 g/mol. The number of fused-ring (bicyclic) bond motifs is 1. The Morgan fingerprint density at radius 3 is 2.61 bits per heavy atom. The van der Waals surface area contributed by atoms with Gasteiger partial charge in [-0.15, -0.1) is 0 Å². The van der Waals surface area contributed by atoms with Gasteiger partial charge in [-0.25, -0.2) is 9.97 Å². The van der Waals surface area contributed by atoms with Crippen molar-refractivity contribution in [3.05, 3.63) is 48.3 Å². The molecule has 0 saturated carbocycles. The number of likely N-dealkylation sites (tertiary alicyclic amines) is 1. The molecule has 3 aromatic heterocycles. The first-order valence-electron chi connectivity index (χ1n) is 12.7. The highest BCUT2D eigenvalue weighted by molar-refractivity contribution is 5.84. The van der Waals surface area contributed by atoms with Gasteiger partial charge in [0.05, 0.1) is 41.2 Å². The number of anilines is 1. The van der Waals surface area contributed by atoms with E-state index in [0.717, 1.165) is 34.9 Å². The summed E-state index contributed by atoms with van der Waals surface area (Å²) in [5.41, 5.74) is 2.69. The highest BCUT2D eigenvalue weighted by Crippen LogP contribution is 2.24. The summed E-state index contributed by atoms with van der Waals surface area (Å²) in [4.78, 5) is 41.4. The van der Waals surface area contributed by atoms with E-state index in [0.29, 0.717) is 23.3 Å². The molecule has 1 unspecified atom stereocenters. The van der Waals surface area contributed by atoms with Crippen molar-refractivity contribution in [2.45, 2.75) is 51.4 Å². The Morgan fingerprint density at radius 1 is 1.08 bits per heavy atom. The van der Waals surface area contributed by atoms with Crippen molar-refractivity contribution in [3.63, 3.8) is 0 Å². The van der Waals surface area contributed by atoms with Crippen LogP contribution in [0.15, 0.2) is 42.6 Å². The number of alkyl halides is 2. The van der Waals surface area contributed by atoms with Crippen LogP contribution < -0.4 is 10.2 Å². The van der Waals surface area contributed by atoms with Gasteiger partial charge < -0.3 is 19.9 Å². The fraction of sp³-hybridized carbons (Fsp3) is 0.444. The van der Waals surface area contributed by atoms with E-state index in [9.17, 15) is 18.4 Å². The zero-order chi connectivity index (χ0) is 26.8. The minimum Gasteiger partial charge on any atom is -0.372 e. The summed E-state index contributed by atoms with van der Waals surface area (Å²) >= 11 is 0. The van der Waals surface area contributed by atoms with Gasteiger partial charge in [-0.3, -0.25) is 14.6 Å². The molecule has 3 atom stereocenters. The number of hydrogen-bond donors (Lipinski definition) is 1. The molecule has 38 heavy (non-hydrogen) atoms. The molecule has 0 bridgehead atoms. The summed E-state index contributed by atoms with van der Waals surface area (Å²) in [5.74, 6) is -0.610. The molecular formula is C27H30F2N6O3.